The van der Waals surface area contributed by atoms with E-state index >= 15 is 0 Å². The van der Waals surface area contributed by atoms with Crippen LogP contribution >= 0.6 is 0 Å². The predicted molar refractivity (Wildman–Crippen MR) is 64.4 cm³/mol. The minimum absolute atomic E-state index is 0.0726. The highest BCUT2D eigenvalue weighted by atomic mass is 16.5. The Bertz CT molecular complexity index is 190. The van der Waals surface area contributed by atoms with E-state index in [4.69, 9.17) is 9.47 Å². The second-order valence-electron chi connectivity index (χ2n) is 5.41. The molecule has 1 N–H and O–H groups in total. The summed E-state index contributed by atoms with van der Waals surface area (Å²) < 4.78 is 11.3. The van der Waals surface area contributed by atoms with Crippen LogP contribution in [0.15, 0.2) is 0 Å². The number of hydrogen-bond acceptors (Lipinski definition) is 3. The molecule has 3 nitrogen and oxygen atoms in total. The van der Waals surface area contributed by atoms with E-state index < -0.39 is 0 Å². The van der Waals surface area contributed by atoms with Gasteiger partial charge >= 0.3 is 0 Å². The van der Waals surface area contributed by atoms with Crippen molar-refractivity contribution < 1.29 is 14.6 Å². The Hall–Kier alpha value is -0.120. The molecule has 1 heterocycles. The number of rotatable bonds is 6. The lowest BCUT2D eigenvalue weighted by atomic mass is 9.90. The third kappa shape index (κ3) is 4.40. The van der Waals surface area contributed by atoms with E-state index in [9.17, 15) is 5.11 Å². The van der Waals surface area contributed by atoms with Gasteiger partial charge in [-0.25, -0.2) is 0 Å². The molecule has 96 valence electrons. The first kappa shape index (κ1) is 13.9. The Morgan fingerprint density at radius 3 is 2.81 bits per heavy atom. The van der Waals surface area contributed by atoms with Gasteiger partial charge in [0.05, 0.1) is 19.3 Å². The Kier molecular flexibility index (Phi) is 5.73. The van der Waals surface area contributed by atoms with Gasteiger partial charge in [-0.3, -0.25) is 0 Å². The lowest BCUT2D eigenvalue weighted by Crippen LogP contribution is -2.30. The Morgan fingerprint density at radius 1 is 1.50 bits per heavy atom. The van der Waals surface area contributed by atoms with Gasteiger partial charge < -0.3 is 14.6 Å². The topological polar surface area (TPSA) is 38.7 Å². The number of hydrogen-bond donors (Lipinski definition) is 1. The van der Waals surface area contributed by atoms with Gasteiger partial charge in [-0.05, 0) is 32.1 Å². The first-order valence-electron chi connectivity index (χ1n) is 6.40. The molecular formula is C13H26O3. The molecule has 3 heteroatoms. The zero-order valence-electron chi connectivity index (χ0n) is 10.9. The monoisotopic (exact) mass is 230 g/mol. The second-order valence-corrected chi connectivity index (χ2v) is 5.41. The summed E-state index contributed by atoms with van der Waals surface area (Å²) in [6.07, 6.45) is 3.53. The van der Waals surface area contributed by atoms with Crippen LogP contribution in [0.1, 0.15) is 40.0 Å². The van der Waals surface area contributed by atoms with Crippen LogP contribution in [0.5, 0.6) is 0 Å². The van der Waals surface area contributed by atoms with Crippen molar-refractivity contribution in [3.8, 4) is 0 Å². The van der Waals surface area contributed by atoms with Gasteiger partial charge in [0, 0.05) is 18.6 Å². The molecule has 0 aromatic heterocycles. The van der Waals surface area contributed by atoms with Crippen LogP contribution in [0.25, 0.3) is 0 Å². The first-order chi connectivity index (χ1) is 7.59. The van der Waals surface area contributed by atoms with Gasteiger partial charge in [-0.1, -0.05) is 13.8 Å². The summed E-state index contributed by atoms with van der Waals surface area (Å²) in [5.41, 5.74) is -0.0726. The minimum Gasteiger partial charge on any atom is -0.396 e. The van der Waals surface area contributed by atoms with Crippen LogP contribution in [-0.2, 0) is 9.47 Å². The van der Waals surface area contributed by atoms with Crippen LogP contribution in [0.2, 0.25) is 0 Å². The number of aliphatic hydroxyl groups is 1. The smallest absolute Gasteiger partial charge is 0.0550 e. The van der Waals surface area contributed by atoms with Gasteiger partial charge in [-0.2, -0.15) is 0 Å². The van der Waals surface area contributed by atoms with Crippen molar-refractivity contribution in [2.75, 3.05) is 26.4 Å². The molecule has 0 aromatic rings. The molecule has 0 amide bonds. The summed E-state index contributed by atoms with van der Waals surface area (Å²) in [7, 11) is 0. The Labute approximate surface area is 99.1 Å². The van der Waals surface area contributed by atoms with Crippen molar-refractivity contribution in [2.24, 2.45) is 11.3 Å². The van der Waals surface area contributed by atoms with Gasteiger partial charge in [0.25, 0.3) is 0 Å². The summed E-state index contributed by atoms with van der Waals surface area (Å²) in [6, 6.07) is 0. The first-order valence-corrected chi connectivity index (χ1v) is 6.40. The Balaban J connectivity index is 2.19. The van der Waals surface area contributed by atoms with Gasteiger partial charge in [0.15, 0.2) is 0 Å². The molecule has 0 aliphatic carbocycles. The molecular weight excluding hydrogens is 204 g/mol. The van der Waals surface area contributed by atoms with Crippen molar-refractivity contribution in [3.63, 3.8) is 0 Å². The predicted octanol–water partition coefficient (Wildman–Crippen LogP) is 2.23. The van der Waals surface area contributed by atoms with E-state index in [0.29, 0.717) is 18.6 Å². The third-order valence-electron chi connectivity index (χ3n) is 3.63. The fourth-order valence-corrected chi connectivity index (χ4v) is 1.97. The lowest BCUT2D eigenvalue weighted by molar-refractivity contribution is -0.0437. The Morgan fingerprint density at radius 2 is 2.25 bits per heavy atom. The third-order valence-corrected chi connectivity index (χ3v) is 3.63. The van der Waals surface area contributed by atoms with Crippen LogP contribution in [0.4, 0.5) is 0 Å². The van der Waals surface area contributed by atoms with Crippen LogP contribution in [0, 0.1) is 11.3 Å². The molecule has 0 aromatic carbocycles. The van der Waals surface area contributed by atoms with Crippen LogP contribution in [-0.4, -0.2) is 37.6 Å². The van der Waals surface area contributed by atoms with E-state index in [-0.39, 0.29) is 12.0 Å². The molecule has 0 saturated carbocycles. The molecule has 1 aliphatic heterocycles. The van der Waals surface area contributed by atoms with E-state index in [0.717, 1.165) is 32.5 Å². The maximum Gasteiger partial charge on any atom is 0.0550 e. The molecule has 3 unspecified atom stereocenters. The fourth-order valence-electron chi connectivity index (χ4n) is 1.97. The van der Waals surface area contributed by atoms with Crippen LogP contribution < -0.4 is 0 Å². The molecule has 0 radical (unpaired) electrons. The van der Waals surface area contributed by atoms with Crippen molar-refractivity contribution in [2.45, 2.75) is 46.1 Å². The summed E-state index contributed by atoms with van der Waals surface area (Å²) >= 11 is 0. The average molecular weight is 230 g/mol. The molecule has 0 bridgehead atoms. The van der Waals surface area contributed by atoms with E-state index in [1.807, 2.05) is 0 Å². The largest absolute Gasteiger partial charge is 0.396 e. The molecule has 16 heavy (non-hydrogen) atoms. The fraction of sp³-hybridized carbons (Fsp3) is 1.00. The SMILES string of the molecule is CCC(C)(CO)COCC1CCOC(C)C1. The van der Waals surface area contributed by atoms with E-state index in [2.05, 4.69) is 20.8 Å². The highest BCUT2D eigenvalue weighted by Gasteiger charge is 2.23. The van der Waals surface area contributed by atoms with Crippen molar-refractivity contribution in [3.05, 3.63) is 0 Å². The van der Waals surface area contributed by atoms with Gasteiger partial charge in [0.1, 0.15) is 0 Å². The quantitative estimate of drug-likeness (QED) is 0.760. The molecule has 3 atom stereocenters. The highest BCUT2D eigenvalue weighted by Crippen LogP contribution is 2.23. The maximum atomic E-state index is 9.26. The van der Waals surface area contributed by atoms with E-state index in [1.165, 1.54) is 0 Å². The van der Waals surface area contributed by atoms with Gasteiger partial charge in [-0.15, -0.1) is 0 Å². The number of aliphatic hydroxyl groups excluding tert-OH is 1. The lowest BCUT2D eigenvalue weighted by Gasteiger charge is -2.29. The second kappa shape index (κ2) is 6.58. The standard InChI is InChI=1S/C13H26O3/c1-4-13(3,9-14)10-15-8-12-5-6-16-11(2)7-12/h11-12,14H,4-10H2,1-3H3. The summed E-state index contributed by atoms with van der Waals surface area (Å²) in [4.78, 5) is 0. The molecule has 1 aliphatic rings. The van der Waals surface area contributed by atoms with Crippen molar-refractivity contribution in [1.29, 1.82) is 0 Å². The number of ether oxygens (including phenoxy) is 2. The zero-order chi connectivity index (χ0) is 12.0. The summed E-state index contributed by atoms with van der Waals surface area (Å²) in [6.45, 7) is 8.81. The van der Waals surface area contributed by atoms with Crippen molar-refractivity contribution in [1.82, 2.24) is 0 Å². The molecule has 1 fully saturated rings. The maximum absolute atomic E-state index is 9.26. The molecule has 1 rings (SSSR count). The highest BCUT2D eigenvalue weighted by molar-refractivity contribution is 4.72. The zero-order valence-corrected chi connectivity index (χ0v) is 10.9. The summed E-state index contributed by atoms with van der Waals surface area (Å²) in [5.74, 6) is 0.628. The molecule has 0 spiro atoms. The van der Waals surface area contributed by atoms with Crippen LogP contribution in [0.3, 0.4) is 0 Å². The van der Waals surface area contributed by atoms with Crippen molar-refractivity contribution >= 4 is 0 Å². The summed E-state index contributed by atoms with van der Waals surface area (Å²) in [5, 5.41) is 9.26. The minimum atomic E-state index is -0.0726. The molecule has 1 saturated heterocycles. The van der Waals surface area contributed by atoms with E-state index in [1.54, 1.807) is 0 Å². The normalized spacial score (nSPS) is 30.0. The van der Waals surface area contributed by atoms with Gasteiger partial charge in [0.2, 0.25) is 0 Å². The average Bonchev–Trinajstić information content (AvgIpc) is 2.29.